The van der Waals surface area contributed by atoms with E-state index in [2.05, 4.69) is 0 Å². The van der Waals surface area contributed by atoms with Crippen LogP contribution in [0.1, 0.15) is 26.2 Å². The van der Waals surface area contributed by atoms with Gasteiger partial charge in [0.05, 0.1) is 24.4 Å². The fourth-order valence-corrected chi connectivity index (χ4v) is 3.22. The van der Waals surface area contributed by atoms with Gasteiger partial charge in [-0.15, -0.1) is 0 Å². The minimum Gasteiger partial charge on any atom is -0.502 e. The first-order valence-electron chi connectivity index (χ1n) is 5.07. The zero-order valence-electron chi connectivity index (χ0n) is 8.61. The second-order valence-electron chi connectivity index (χ2n) is 3.72. The maximum absolute atomic E-state index is 11.1. The fourth-order valence-electron chi connectivity index (χ4n) is 1.63. The number of rotatable bonds is 4. The number of hydrogen-bond acceptors (Lipinski definition) is 3. The largest absolute Gasteiger partial charge is 0.502 e. The van der Waals surface area contributed by atoms with Crippen LogP contribution in [0.2, 0.25) is 0 Å². The lowest BCUT2D eigenvalue weighted by atomic mass is 10.00. The van der Waals surface area contributed by atoms with Gasteiger partial charge in [0.15, 0.2) is 0 Å². The van der Waals surface area contributed by atoms with Crippen LogP contribution in [0.25, 0.3) is 0 Å². The highest BCUT2D eigenvalue weighted by molar-refractivity contribution is 7.91. The van der Waals surface area contributed by atoms with Crippen LogP contribution >= 0.6 is 0 Å². The summed E-state index contributed by atoms with van der Waals surface area (Å²) in [6.45, 7) is 2.61. The first-order chi connectivity index (χ1) is 6.64. The third kappa shape index (κ3) is 4.13. The summed E-state index contributed by atoms with van der Waals surface area (Å²) in [5, 5.41) is 0. The first kappa shape index (κ1) is 11.6. The highest BCUT2D eigenvalue weighted by atomic mass is 32.2. The zero-order chi connectivity index (χ0) is 10.4. The SMILES string of the molecule is C/C=C/OCCC1CCS(=O)(=O)CC1. The van der Waals surface area contributed by atoms with Gasteiger partial charge in [0.25, 0.3) is 0 Å². The molecule has 0 aliphatic carbocycles. The Morgan fingerprint density at radius 3 is 2.57 bits per heavy atom. The molecule has 1 heterocycles. The van der Waals surface area contributed by atoms with Crippen LogP contribution in [0, 0.1) is 5.92 Å². The Morgan fingerprint density at radius 1 is 1.36 bits per heavy atom. The van der Waals surface area contributed by atoms with E-state index in [1.54, 1.807) is 6.26 Å². The van der Waals surface area contributed by atoms with Crippen LogP contribution in [0.4, 0.5) is 0 Å². The quantitative estimate of drug-likeness (QED) is 0.533. The second kappa shape index (κ2) is 5.39. The Morgan fingerprint density at radius 2 is 2.00 bits per heavy atom. The molecule has 14 heavy (non-hydrogen) atoms. The molecule has 0 spiro atoms. The molecule has 0 bridgehead atoms. The van der Waals surface area contributed by atoms with Gasteiger partial charge in [-0.05, 0) is 32.1 Å². The lowest BCUT2D eigenvalue weighted by molar-refractivity contribution is 0.216. The fraction of sp³-hybridized carbons (Fsp3) is 0.800. The molecule has 0 unspecified atom stereocenters. The van der Waals surface area contributed by atoms with E-state index >= 15 is 0 Å². The van der Waals surface area contributed by atoms with Gasteiger partial charge in [0.1, 0.15) is 9.84 Å². The molecule has 1 aliphatic rings. The maximum atomic E-state index is 11.1. The molecule has 1 fully saturated rings. The third-order valence-corrected chi connectivity index (χ3v) is 4.27. The van der Waals surface area contributed by atoms with Crippen molar-refractivity contribution in [3.05, 3.63) is 12.3 Å². The minimum absolute atomic E-state index is 0.362. The van der Waals surface area contributed by atoms with Crippen molar-refractivity contribution in [1.29, 1.82) is 0 Å². The summed E-state index contributed by atoms with van der Waals surface area (Å²) in [6.07, 6.45) is 6.12. The Hall–Kier alpha value is -0.510. The van der Waals surface area contributed by atoms with Crippen LogP contribution in [-0.4, -0.2) is 26.5 Å². The van der Waals surface area contributed by atoms with Crippen LogP contribution < -0.4 is 0 Å². The van der Waals surface area contributed by atoms with Crippen LogP contribution in [0.15, 0.2) is 12.3 Å². The highest BCUT2D eigenvalue weighted by Gasteiger charge is 2.22. The molecule has 4 heteroatoms. The molecule has 0 amide bonds. The van der Waals surface area contributed by atoms with E-state index in [4.69, 9.17) is 4.74 Å². The summed E-state index contributed by atoms with van der Waals surface area (Å²) in [7, 11) is -2.71. The Balaban J connectivity index is 2.16. The van der Waals surface area contributed by atoms with Gasteiger partial charge in [-0.25, -0.2) is 8.42 Å². The van der Waals surface area contributed by atoms with Gasteiger partial charge in [-0.2, -0.15) is 0 Å². The summed E-state index contributed by atoms with van der Waals surface area (Å²) in [4.78, 5) is 0. The lowest BCUT2D eigenvalue weighted by Gasteiger charge is -2.21. The molecule has 0 N–H and O–H groups in total. The number of ether oxygens (including phenoxy) is 1. The number of hydrogen-bond donors (Lipinski definition) is 0. The third-order valence-electron chi connectivity index (χ3n) is 2.55. The van der Waals surface area contributed by atoms with Crippen LogP contribution in [0.3, 0.4) is 0 Å². The van der Waals surface area contributed by atoms with Gasteiger partial charge in [-0.3, -0.25) is 0 Å². The molecule has 0 aromatic rings. The molecule has 0 aromatic heterocycles. The Kier molecular flexibility index (Phi) is 4.45. The zero-order valence-corrected chi connectivity index (χ0v) is 9.42. The van der Waals surface area contributed by atoms with E-state index in [1.807, 2.05) is 13.0 Å². The van der Waals surface area contributed by atoms with E-state index in [0.29, 0.717) is 24.0 Å². The highest BCUT2D eigenvalue weighted by Crippen LogP contribution is 2.21. The molecule has 0 atom stereocenters. The molecular formula is C10H18O3S. The molecule has 0 radical (unpaired) electrons. The molecule has 1 saturated heterocycles. The summed E-state index contributed by atoms with van der Waals surface area (Å²) >= 11 is 0. The molecule has 1 rings (SSSR count). The monoisotopic (exact) mass is 218 g/mol. The smallest absolute Gasteiger partial charge is 0.150 e. The lowest BCUT2D eigenvalue weighted by Crippen LogP contribution is -2.23. The van der Waals surface area contributed by atoms with Crippen molar-refractivity contribution in [2.24, 2.45) is 5.92 Å². The number of sulfone groups is 1. The van der Waals surface area contributed by atoms with Gasteiger partial charge >= 0.3 is 0 Å². The molecule has 1 aliphatic heterocycles. The predicted molar refractivity (Wildman–Crippen MR) is 56.8 cm³/mol. The van der Waals surface area contributed by atoms with Gasteiger partial charge in [0.2, 0.25) is 0 Å². The second-order valence-corrected chi connectivity index (χ2v) is 6.03. The molecule has 0 saturated carbocycles. The van der Waals surface area contributed by atoms with E-state index in [1.165, 1.54) is 0 Å². The van der Waals surface area contributed by atoms with Crippen LogP contribution in [0.5, 0.6) is 0 Å². The maximum Gasteiger partial charge on any atom is 0.150 e. The minimum atomic E-state index is -2.71. The Bertz CT molecular complexity index is 266. The van der Waals surface area contributed by atoms with E-state index < -0.39 is 9.84 Å². The van der Waals surface area contributed by atoms with E-state index in [0.717, 1.165) is 19.3 Å². The van der Waals surface area contributed by atoms with Gasteiger partial charge in [0, 0.05) is 0 Å². The summed E-state index contributed by atoms with van der Waals surface area (Å²) in [6, 6.07) is 0. The van der Waals surface area contributed by atoms with Crippen molar-refractivity contribution in [2.75, 3.05) is 18.1 Å². The summed E-state index contributed by atoms with van der Waals surface area (Å²) in [5.41, 5.74) is 0. The normalized spacial score (nSPS) is 22.6. The summed E-state index contributed by atoms with van der Waals surface area (Å²) < 4.78 is 27.5. The van der Waals surface area contributed by atoms with E-state index in [9.17, 15) is 8.42 Å². The average molecular weight is 218 g/mol. The standard InChI is InChI=1S/C10H18O3S/c1-2-6-13-7-3-10-4-8-14(11,12)9-5-10/h2,6,10H,3-5,7-9H2,1H3/b6-2+. The average Bonchev–Trinajstić information content (AvgIpc) is 2.15. The molecule has 82 valence electrons. The van der Waals surface area contributed by atoms with Crippen molar-refractivity contribution in [2.45, 2.75) is 26.2 Å². The molecular weight excluding hydrogens is 200 g/mol. The van der Waals surface area contributed by atoms with Crippen molar-refractivity contribution in [3.8, 4) is 0 Å². The van der Waals surface area contributed by atoms with E-state index in [-0.39, 0.29) is 0 Å². The van der Waals surface area contributed by atoms with Gasteiger partial charge in [-0.1, -0.05) is 6.08 Å². The Labute approximate surface area is 86.1 Å². The molecule has 3 nitrogen and oxygen atoms in total. The van der Waals surface area contributed by atoms with Crippen molar-refractivity contribution >= 4 is 9.84 Å². The first-order valence-corrected chi connectivity index (χ1v) is 6.89. The van der Waals surface area contributed by atoms with Crippen LogP contribution in [-0.2, 0) is 14.6 Å². The molecule has 0 aromatic carbocycles. The van der Waals surface area contributed by atoms with Gasteiger partial charge < -0.3 is 4.74 Å². The van der Waals surface area contributed by atoms with Crippen molar-refractivity contribution in [1.82, 2.24) is 0 Å². The summed E-state index contributed by atoms with van der Waals surface area (Å²) in [5.74, 6) is 1.26. The van der Waals surface area contributed by atoms with Crippen molar-refractivity contribution < 1.29 is 13.2 Å². The predicted octanol–water partition coefficient (Wildman–Crippen LogP) is 1.75. The number of allylic oxidation sites excluding steroid dienone is 1. The topological polar surface area (TPSA) is 43.4 Å². The van der Waals surface area contributed by atoms with Crippen molar-refractivity contribution in [3.63, 3.8) is 0 Å².